The molecule has 11 heteroatoms. The van der Waals surface area contributed by atoms with Crippen molar-refractivity contribution >= 4 is 27.5 Å². The van der Waals surface area contributed by atoms with Gasteiger partial charge in [0.25, 0.3) is 10.0 Å². The largest absolute Gasteiger partial charge is 0.497 e. The van der Waals surface area contributed by atoms with Crippen molar-refractivity contribution in [1.82, 2.24) is 10.2 Å². The molecule has 0 aliphatic carbocycles. The number of carbonyl (C=O) groups is 2. The summed E-state index contributed by atoms with van der Waals surface area (Å²) in [6.07, 6.45) is 0. The lowest BCUT2D eigenvalue weighted by molar-refractivity contribution is -0.139. The Morgan fingerprint density at radius 2 is 1.51 bits per heavy atom. The van der Waals surface area contributed by atoms with Crippen molar-refractivity contribution in [3.8, 4) is 17.2 Å². The SMILES string of the molecule is CCNC(=O)[C@H](C)N(Cc1ccc(OC)cc1)C(=O)CN(c1ccc(OC)c(OC)c1)S(=O)(=O)c1ccc(C)cc1. The minimum Gasteiger partial charge on any atom is -0.497 e. The van der Waals surface area contributed by atoms with Crippen molar-refractivity contribution in [1.29, 1.82) is 0 Å². The second kappa shape index (κ2) is 13.9. The van der Waals surface area contributed by atoms with Gasteiger partial charge in [-0.1, -0.05) is 29.8 Å². The molecule has 0 aliphatic heterocycles. The first-order valence-electron chi connectivity index (χ1n) is 13.1. The molecule has 3 rings (SSSR count). The Bertz CT molecular complexity index is 1440. The first kappa shape index (κ1) is 31.3. The number of rotatable bonds is 13. The molecule has 3 aromatic rings. The third-order valence-electron chi connectivity index (χ3n) is 6.57. The highest BCUT2D eigenvalue weighted by Crippen LogP contribution is 2.34. The van der Waals surface area contributed by atoms with Crippen LogP contribution in [0.2, 0.25) is 0 Å². The van der Waals surface area contributed by atoms with Gasteiger partial charge in [0.15, 0.2) is 11.5 Å². The van der Waals surface area contributed by atoms with Gasteiger partial charge < -0.3 is 24.4 Å². The molecule has 0 heterocycles. The van der Waals surface area contributed by atoms with E-state index in [1.807, 2.05) is 6.92 Å². The fourth-order valence-corrected chi connectivity index (χ4v) is 5.58. The normalized spacial score (nSPS) is 11.8. The van der Waals surface area contributed by atoms with Crippen LogP contribution in [0, 0.1) is 6.92 Å². The molecule has 0 radical (unpaired) electrons. The predicted octanol–water partition coefficient (Wildman–Crippen LogP) is 3.77. The van der Waals surface area contributed by atoms with E-state index < -0.39 is 28.5 Å². The van der Waals surface area contributed by atoms with Gasteiger partial charge in [-0.2, -0.15) is 0 Å². The number of anilines is 1. The number of ether oxygens (including phenoxy) is 3. The zero-order chi connectivity index (χ0) is 30.2. The van der Waals surface area contributed by atoms with E-state index in [9.17, 15) is 18.0 Å². The topological polar surface area (TPSA) is 114 Å². The Morgan fingerprint density at radius 3 is 2.07 bits per heavy atom. The molecule has 0 fully saturated rings. The Kier molecular flexibility index (Phi) is 10.6. The van der Waals surface area contributed by atoms with Gasteiger partial charge in [-0.25, -0.2) is 8.42 Å². The summed E-state index contributed by atoms with van der Waals surface area (Å²) in [6, 6.07) is 17.2. The van der Waals surface area contributed by atoms with Crippen LogP contribution < -0.4 is 23.8 Å². The van der Waals surface area contributed by atoms with Crippen molar-refractivity contribution in [3.63, 3.8) is 0 Å². The van der Waals surface area contributed by atoms with Crippen LogP contribution in [-0.2, 0) is 26.2 Å². The molecule has 3 aromatic carbocycles. The van der Waals surface area contributed by atoms with E-state index in [1.165, 1.54) is 37.3 Å². The number of sulfonamides is 1. The molecule has 1 atom stereocenters. The van der Waals surface area contributed by atoms with E-state index in [2.05, 4.69) is 5.32 Å². The first-order valence-corrected chi connectivity index (χ1v) is 14.5. The van der Waals surface area contributed by atoms with Gasteiger partial charge in [0, 0.05) is 19.2 Å². The van der Waals surface area contributed by atoms with Gasteiger partial charge in [0.05, 0.1) is 31.9 Å². The van der Waals surface area contributed by atoms with Crippen LogP contribution in [0.15, 0.2) is 71.6 Å². The zero-order valence-electron chi connectivity index (χ0n) is 24.2. The number of carbonyl (C=O) groups excluding carboxylic acids is 2. The average Bonchev–Trinajstić information content (AvgIpc) is 2.98. The van der Waals surface area contributed by atoms with Crippen LogP contribution in [-0.4, -0.2) is 65.6 Å². The van der Waals surface area contributed by atoms with E-state index in [0.717, 1.165) is 15.4 Å². The molecule has 0 saturated heterocycles. The Balaban J connectivity index is 2.08. The van der Waals surface area contributed by atoms with Crippen LogP contribution in [0.1, 0.15) is 25.0 Å². The van der Waals surface area contributed by atoms with Crippen LogP contribution >= 0.6 is 0 Å². The van der Waals surface area contributed by atoms with Crippen molar-refractivity contribution < 1.29 is 32.2 Å². The molecule has 220 valence electrons. The van der Waals surface area contributed by atoms with E-state index >= 15 is 0 Å². The number of aryl methyl sites for hydroxylation is 1. The van der Waals surface area contributed by atoms with E-state index in [-0.39, 0.29) is 23.0 Å². The molecule has 41 heavy (non-hydrogen) atoms. The Labute approximate surface area is 241 Å². The lowest BCUT2D eigenvalue weighted by atomic mass is 10.1. The second-order valence-electron chi connectivity index (χ2n) is 9.30. The maximum absolute atomic E-state index is 14.0. The minimum atomic E-state index is -4.21. The van der Waals surface area contributed by atoms with E-state index in [0.29, 0.717) is 23.8 Å². The van der Waals surface area contributed by atoms with Crippen molar-refractivity contribution in [2.75, 3.05) is 38.7 Å². The van der Waals surface area contributed by atoms with Crippen molar-refractivity contribution in [2.45, 2.75) is 38.3 Å². The average molecular weight is 584 g/mol. The quantitative estimate of drug-likeness (QED) is 0.326. The van der Waals surface area contributed by atoms with E-state index in [1.54, 1.807) is 69.5 Å². The number of hydrogen-bond acceptors (Lipinski definition) is 7. The van der Waals surface area contributed by atoms with Crippen LogP contribution in [0.5, 0.6) is 17.2 Å². The zero-order valence-corrected chi connectivity index (χ0v) is 25.0. The van der Waals surface area contributed by atoms with Crippen LogP contribution in [0.25, 0.3) is 0 Å². The second-order valence-corrected chi connectivity index (χ2v) is 11.2. The summed E-state index contributed by atoms with van der Waals surface area (Å²) in [7, 11) is 0.260. The molecular weight excluding hydrogens is 546 g/mol. The lowest BCUT2D eigenvalue weighted by Crippen LogP contribution is -2.51. The molecule has 0 bridgehead atoms. The maximum atomic E-state index is 14.0. The highest BCUT2D eigenvalue weighted by Gasteiger charge is 2.33. The van der Waals surface area contributed by atoms with Gasteiger partial charge in [-0.15, -0.1) is 0 Å². The number of nitrogens with one attached hydrogen (secondary N) is 1. The highest BCUT2D eigenvalue weighted by molar-refractivity contribution is 7.92. The number of hydrogen-bond donors (Lipinski definition) is 1. The van der Waals surface area contributed by atoms with Gasteiger partial charge in [-0.05, 0) is 62.7 Å². The van der Waals surface area contributed by atoms with Crippen molar-refractivity contribution in [3.05, 3.63) is 77.9 Å². The molecule has 0 aromatic heterocycles. The summed E-state index contributed by atoms with van der Waals surface area (Å²) in [5.74, 6) is 0.430. The predicted molar refractivity (Wildman–Crippen MR) is 157 cm³/mol. The monoisotopic (exact) mass is 583 g/mol. The summed E-state index contributed by atoms with van der Waals surface area (Å²) in [4.78, 5) is 28.2. The Morgan fingerprint density at radius 1 is 0.878 bits per heavy atom. The Hall–Kier alpha value is -4.25. The molecule has 0 unspecified atom stereocenters. The van der Waals surface area contributed by atoms with Gasteiger partial charge >= 0.3 is 0 Å². The van der Waals surface area contributed by atoms with Crippen molar-refractivity contribution in [2.24, 2.45) is 0 Å². The van der Waals surface area contributed by atoms with Crippen LogP contribution in [0.3, 0.4) is 0 Å². The third-order valence-corrected chi connectivity index (χ3v) is 8.36. The summed E-state index contributed by atoms with van der Waals surface area (Å²) >= 11 is 0. The fourth-order valence-electron chi connectivity index (χ4n) is 4.18. The number of likely N-dealkylation sites (N-methyl/N-ethyl adjacent to an activating group) is 1. The number of benzene rings is 3. The standard InChI is InChI=1S/C30H37N3O7S/c1-7-31-30(35)22(3)32(19-23-10-13-25(38-4)14-11-23)29(34)20-33(24-12-17-27(39-5)28(18-24)40-6)41(36,37)26-15-8-21(2)9-16-26/h8-18,22H,7,19-20H2,1-6H3,(H,31,35)/t22-/m0/s1. The lowest BCUT2D eigenvalue weighted by Gasteiger charge is -2.32. The minimum absolute atomic E-state index is 0.0177. The summed E-state index contributed by atoms with van der Waals surface area (Å²) in [5, 5.41) is 2.74. The molecule has 0 aliphatic rings. The summed E-state index contributed by atoms with van der Waals surface area (Å²) < 4.78 is 44.9. The fraction of sp³-hybridized carbons (Fsp3) is 0.333. The smallest absolute Gasteiger partial charge is 0.264 e. The first-order chi connectivity index (χ1) is 19.5. The van der Waals surface area contributed by atoms with Gasteiger partial charge in [0.1, 0.15) is 18.3 Å². The number of amides is 2. The van der Waals surface area contributed by atoms with E-state index in [4.69, 9.17) is 14.2 Å². The number of methoxy groups -OCH3 is 3. The summed E-state index contributed by atoms with van der Waals surface area (Å²) in [5.41, 5.74) is 1.83. The molecule has 2 amide bonds. The molecular formula is C30H37N3O7S. The molecule has 0 saturated carbocycles. The molecule has 10 nitrogen and oxygen atoms in total. The molecule has 0 spiro atoms. The van der Waals surface area contributed by atoms with Gasteiger partial charge in [0.2, 0.25) is 11.8 Å². The van der Waals surface area contributed by atoms with Crippen LogP contribution in [0.4, 0.5) is 5.69 Å². The molecule has 1 N–H and O–H groups in total. The summed E-state index contributed by atoms with van der Waals surface area (Å²) in [6.45, 7) is 5.14. The third kappa shape index (κ3) is 7.49. The maximum Gasteiger partial charge on any atom is 0.264 e. The highest BCUT2D eigenvalue weighted by atomic mass is 32.2. The number of nitrogens with zero attached hydrogens (tertiary/aromatic N) is 2. The van der Waals surface area contributed by atoms with Gasteiger partial charge in [-0.3, -0.25) is 13.9 Å².